The summed E-state index contributed by atoms with van der Waals surface area (Å²) in [7, 11) is 1.43. The number of ether oxygens (including phenoxy) is 1. The van der Waals surface area contributed by atoms with Crippen molar-refractivity contribution < 1.29 is 14.3 Å². The summed E-state index contributed by atoms with van der Waals surface area (Å²) in [6, 6.07) is 5.30. The molecule has 3 rings (SSSR count). The fraction of sp³-hybridized carbons (Fsp3) is 0.600. The number of aryl methyl sites for hydroxylation is 2. The number of anilines is 1. The molecule has 1 saturated heterocycles. The van der Waals surface area contributed by atoms with Gasteiger partial charge < -0.3 is 10.1 Å². The summed E-state index contributed by atoms with van der Waals surface area (Å²) in [5, 5.41) is 3.05. The molecular formula is C20H28N2O3. The van der Waals surface area contributed by atoms with E-state index in [1.807, 2.05) is 43.9 Å². The van der Waals surface area contributed by atoms with Crippen LogP contribution in [0, 0.1) is 19.3 Å². The Hall–Kier alpha value is -1.88. The van der Waals surface area contributed by atoms with E-state index < -0.39 is 0 Å². The monoisotopic (exact) mass is 344 g/mol. The number of nitrogens with zero attached hydrogens (tertiary/aromatic N) is 1. The minimum atomic E-state index is -0.366. The standard InChI is InChI=1S/C20H28N2O3/c1-13-8-7-9-14(2)16(13)21-18(23)15(3)22-12-20(10-5-6-11-20)17(22)19(24)25-4/h7-9,15,17H,5-6,10-12H2,1-4H3,(H,21,23). The fourth-order valence-corrected chi connectivity index (χ4v) is 4.54. The molecule has 0 bridgehead atoms. The number of likely N-dealkylation sites (tertiary alicyclic amines) is 1. The average molecular weight is 344 g/mol. The molecule has 5 heteroatoms. The fourth-order valence-electron chi connectivity index (χ4n) is 4.54. The van der Waals surface area contributed by atoms with E-state index in [9.17, 15) is 9.59 Å². The largest absolute Gasteiger partial charge is 0.468 e. The number of nitrogens with one attached hydrogen (secondary N) is 1. The lowest BCUT2D eigenvalue weighted by Gasteiger charge is -2.56. The van der Waals surface area contributed by atoms with Crippen LogP contribution in [0.1, 0.15) is 43.7 Å². The highest BCUT2D eigenvalue weighted by atomic mass is 16.5. The summed E-state index contributed by atoms with van der Waals surface area (Å²) >= 11 is 0. The highest BCUT2D eigenvalue weighted by Gasteiger charge is 2.59. The molecule has 1 saturated carbocycles. The van der Waals surface area contributed by atoms with Crippen LogP contribution in [0.15, 0.2) is 18.2 Å². The van der Waals surface area contributed by atoms with E-state index in [0.717, 1.165) is 49.0 Å². The second-order valence-electron chi connectivity index (χ2n) is 7.60. The topological polar surface area (TPSA) is 58.6 Å². The van der Waals surface area contributed by atoms with Crippen LogP contribution in [0.3, 0.4) is 0 Å². The van der Waals surface area contributed by atoms with Gasteiger partial charge in [0.15, 0.2) is 0 Å². The Labute approximate surface area is 149 Å². The lowest BCUT2D eigenvalue weighted by molar-refractivity contribution is -0.173. The summed E-state index contributed by atoms with van der Waals surface area (Å²) in [5.74, 6) is -0.279. The Morgan fingerprint density at radius 3 is 2.40 bits per heavy atom. The average Bonchev–Trinajstić information content (AvgIpc) is 3.07. The van der Waals surface area contributed by atoms with Gasteiger partial charge in [-0.1, -0.05) is 31.0 Å². The maximum absolute atomic E-state index is 12.8. The van der Waals surface area contributed by atoms with Gasteiger partial charge in [-0.3, -0.25) is 14.5 Å². The van der Waals surface area contributed by atoms with E-state index in [-0.39, 0.29) is 29.4 Å². The second kappa shape index (κ2) is 6.79. The predicted octanol–water partition coefficient (Wildman–Crippen LogP) is 3.05. The lowest BCUT2D eigenvalue weighted by Crippen LogP contribution is -2.70. The normalized spacial score (nSPS) is 23.1. The van der Waals surface area contributed by atoms with Gasteiger partial charge in [0, 0.05) is 17.6 Å². The van der Waals surface area contributed by atoms with E-state index in [0.29, 0.717) is 0 Å². The molecule has 1 aliphatic heterocycles. The number of hydrogen-bond acceptors (Lipinski definition) is 4. The van der Waals surface area contributed by atoms with Gasteiger partial charge in [0.25, 0.3) is 0 Å². The molecule has 2 atom stereocenters. The summed E-state index contributed by atoms with van der Waals surface area (Å²) in [5.41, 5.74) is 2.96. The van der Waals surface area contributed by atoms with Crippen LogP contribution in [0.25, 0.3) is 0 Å². The molecule has 5 nitrogen and oxygen atoms in total. The summed E-state index contributed by atoms with van der Waals surface area (Å²) in [6.07, 6.45) is 4.41. The lowest BCUT2D eigenvalue weighted by atomic mass is 9.69. The minimum absolute atomic E-state index is 0.0141. The van der Waals surface area contributed by atoms with E-state index in [1.54, 1.807) is 0 Å². The van der Waals surface area contributed by atoms with Gasteiger partial charge in [0.2, 0.25) is 5.91 Å². The Morgan fingerprint density at radius 1 is 1.24 bits per heavy atom. The molecular weight excluding hydrogens is 316 g/mol. The van der Waals surface area contributed by atoms with Crippen LogP contribution in [0.2, 0.25) is 0 Å². The van der Waals surface area contributed by atoms with Crippen LogP contribution >= 0.6 is 0 Å². The molecule has 0 radical (unpaired) electrons. The quantitative estimate of drug-likeness (QED) is 0.853. The van der Waals surface area contributed by atoms with E-state index >= 15 is 0 Å². The molecule has 0 aromatic heterocycles. The van der Waals surface area contributed by atoms with Crippen molar-refractivity contribution in [3.63, 3.8) is 0 Å². The third kappa shape index (κ3) is 3.06. The van der Waals surface area contributed by atoms with Crippen molar-refractivity contribution in [3.8, 4) is 0 Å². The van der Waals surface area contributed by atoms with Crippen LogP contribution in [-0.2, 0) is 14.3 Å². The highest BCUT2D eigenvalue weighted by molar-refractivity contribution is 5.96. The van der Waals surface area contributed by atoms with Gasteiger partial charge in [-0.15, -0.1) is 0 Å². The first-order valence-electron chi connectivity index (χ1n) is 9.10. The third-order valence-electron chi connectivity index (χ3n) is 6.04. The molecule has 1 amide bonds. The Kier molecular flexibility index (Phi) is 4.87. The SMILES string of the molecule is COC(=O)C1N(C(C)C(=O)Nc2c(C)cccc2C)CC12CCCC2. The van der Waals surface area contributed by atoms with Crippen LogP contribution in [0.5, 0.6) is 0 Å². The molecule has 2 fully saturated rings. The molecule has 2 aliphatic rings. The molecule has 1 spiro atoms. The molecule has 1 aromatic rings. The zero-order valence-corrected chi connectivity index (χ0v) is 15.6. The smallest absolute Gasteiger partial charge is 0.323 e. The number of methoxy groups -OCH3 is 1. The van der Waals surface area contributed by atoms with Crippen molar-refractivity contribution in [1.29, 1.82) is 0 Å². The number of esters is 1. The van der Waals surface area contributed by atoms with Crippen molar-refractivity contribution in [2.45, 2.75) is 58.5 Å². The van der Waals surface area contributed by atoms with Crippen molar-refractivity contribution in [3.05, 3.63) is 29.3 Å². The summed E-state index contributed by atoms with van der Waals surface area (Å²) in [6.45, 7) is 6.65. The predicted molar refractivity (Wildman–Crippen MR) is 97.4 cm³/mol. The van der Waals surface area contributed by atoms with Crippen LogP contribution < -0.4 is 5.32 Å². The van der Waals surface area contributed by atoms with Crippen LogP contribution in [0.4, 0.5) is 5.69 Å². The molecule has 1 N–H and O–H groups in total. The van der Waals surface area contributed by atoms with Gasteiger partial charge >= 0.3 is 5.97 Å². The summed E-state index contributed by atoms with van der Waals surface area (Å²) < 4.78 is 5.05. The highest BCUT2D eigenvalue weighted by Crippen LogP contribution is 2.51. The number of rotatable bonds is 4. The Bertz CT molecular complexity index is 659. The Balaban J connectivity index is 1.75. The van der Waals surface area contributed by atoms with E-state index in [1.165, 1.54) is 7.11 Å². The van der Waals surface area contributed by atoms with Gasteiger partial charge in [-0.25, -0.2) is 0 Å². The van der Waals surface area contributed by atoms with Crippen molar-refractivity contribution in [1.82, 2.24) is 4.90 Å². The zero-order valence-electron chi connectivity index (χ0n) is 15.6. The second-order valence-corrected chi connectivity index (χ2v) is 7.60. The number of carbonyl (C=O) groups is 2. The molecule has 1 aliphatic carbocycles. The van der Waals surface area contributed by atoms with Gasteiger partial charge in [-0.05, 0) is 44.7 Å². The van der Waals surface area contributed by atoms with E-state index in [4.69, 9.17) is 4.74 Å². The van der Waals surface area contributed by atoms with Gasteiger partial charge in [0.1, 0.15) is 6.04 Å². The minimum Gasteiger partial charge on any atom is -0.468 e. The van der Waals surface area contributed by atoms with Gasteiger partial charge in [0.05, 0.1) is 13.2 Å². The van der Waals surface area contributed by atoms with E-state index in [2.05, 4.69) is 5.32 Å². The first-order valence-corrected chi connectivity index (χ1v) is 9.10. The molecule has 136 valence electrons. The maximum atomic E-state index is 12.8. The summed E-state index contributed by atoms with van der Waals surface area (Å²) in [4.78, 5) is 27.2. The molecule has 1 heterocycles. The molecule has 25 heavy (non-hydrogen) atoms. The van der Waals surface area contributed by atoms with Crippen molar-refractivity contribution >= 4 is 17.6 Å². The molecule has 1 aromatic carbocycles. The van der Waals surface area contributed by atoms with Crippen LogP contribution in [-0.4, -0.2) is 42.5 Å². The van der Waals surface area contributed by atoms with Gasteiger partial charge in [-0.2, -0.15) is 0 Å². The third-order valence-corrected chi connectivity index (χ3v) is 6.04. The maximum Gasteiger partial charge on any atom is 0.323 e. The zero-order chi connectivity index (χ0) is 18.2. The first-order chi connectivity index (χ1) is 11.9. The first kappa shape index (κ1) is 17.9. The number of amides is 1. The number of hydrogen-bond donors (Lipinski definition) is 1. The number of benzene rings is 1. The number of carbonyl (C=O) groups excluding carboxylic acids is 2. The molecule has 2 unspecified atom stereocenters. The number of para-hydroxylation sites is 1. The van der Waals surface area contributed by atoms with Crippen molar-refractivity contribution in [2.75, 3.05) is 19.0 Å². The van der Waals surface area contributed by atoms with Crippen molar-refractivity contribution in [2.24, 2.45) is 5.41 Å². The Morgan fingerprint density at radius 2 is 1.84 bits per heavy atom.